The van der Waals surface area contributed by atoms with Crippen LogP contribution in [0.3, 0.4) is 0 Å². The molecule has 0 saturated heterocycles. The molecular formula is C12H23N3OS2. The van der Waals surface area contributed by atoms with Crippen LogP contribution in [0.4, 0.5) is 5.13 Å². The van der Waals surface area contributed by atoms with Crippen molar-refractivity contribution >= 4 is 28.2 Å². The maximum Gasteiger partial charge on any atom is 0.185 e. The number of hydrogen-bond acceptors (Lipinski definition) is 6. The zero-order valence-electron chi connectivity index (χ0n) is 11.7. The van der Waals surface area contributed by atoms with Gasteiger partial charge in [-0.25, -0.2) is 4.98 Å². The highest BCUT2D eigenvalue weighted by atomic mass is 32.2. The summed E-state index contributed by atoms with van der Waals surface area (Å²) < 4.78 is 5.22. The molecule has 0 atom stereocenters. The molecular weight excluding hydrogens is 266 g/mol. The van der Waals surface area contributed by atoms with E-state index < -0.39 is 0 Å². The molecule has 0 aromatic carbocycles. The molecule has 1 rings (SSSR count). The Balaban J connectivity index is 2.73. The number of aromatic nitrogens is 1. The SMILES string of the molecule is CCNCc1sc(N(C)CCSC)nc1COC. The zero-order valence-corrected chi connectivity index (χ0v) is 13.3. The smallest absolute Gasteiger partial charge is 0.185 e. The van der Waals surface area contributed by atoms with Crippen LogP contribution in [0.1, 0.15) is 17.5 Å². The van der Waals surface area contributed by atoms with Crippen molar-refractivity contribution in [1.29, 1.82) is 0 Å². The highest BCUT2D eigenvalue weighted by Crippen LogP contribution is 2.26. The number of thioether (sulfide) groups is 1. The average molecular weight is 289 g/mol. The monoisotopic (exact) mass is 289 g/mol. The number of rotatable bonds is 9. The van der Waals surface area contributed by atoms with E-state index in [1.165, 1.54) is 4.88 Å². The van der Waals surface area contributed by atoms with Gasteiger partial charge < -0.3 is 15.0 Å². The first-order chi connectivity index (χ1) is 8.72. The van der Waals surface area contributed by atoms with Gasteiger partial charge >= 0.3 is 0 Å². The summed E-state index contributed by atoms with van der Waals surface area (Å²) in [6.45, 7) is 5.59. The van der Waals surface area contributed by atoms with Crippen molar-refractivity contribution in [2.45, 2.75) is 20.1 Å². The van der Waals surface area contributed by atoms with E-state index in [4.69, 9.17) is 4.74 Å². The second-order valence-electron chi connectivity index (χ2n) is 3.99. The van der Waals surface area contributed by atoms with E-state index >= 15 is 0 Å². The summed E-state index contributed by atoms with van der Waals surface area (Å²) in [6.07, 6.45) is 2.13. The summed E-state index contributed by atoms with van der Waals surface area (Å²) in [5.74, 6) is 1.12. The molecule has 4 nitrogen and oxygen atoms in total. The van der Waals surface area contributed by atoms with Crippen LogP contribution in [0.15, 0.2) is 0 Å². The number of nitrogens with zero attached hydrogens (tertiary/aromatic N) is 2. The van der Waals surface area contributed by atoms with Gasteiger partial charge in [-0.05, 0) is 12.8 Å². The normalized spacial score (nSPS) is 10.9. The molecule has 0 fully saturated rings. The third kappa shape index (κ3) is 4.76. The van der Waals surface area contributed by atoms with Crippen molar-refractivity contribution in [2.24, 2.45) is 0 Å². The molecule has 0 aliphatic heterocycles. The predicted octanol–water partition coefficient (Wildman–Crippen LogP) is 2.20. The fraction of sp³-hybridized carbons (Fsp3) is 0.750. The van der Waals surface area contributed by atoms with Crippen LogP contribution in [0.2, 0.25) is 0 Å². The van der Waals surface area contributed by atoms with Gasteiger partial charge in [0.1, 0.15) is 0 Å². The highest BCUT2D eigenvalue weighted by Gasteiger charge is 2.13. The molecule has 0 bridgehead atoms. The van der Waals surface area contributed by atoms with E-state index in [0.717, 1.165) is 36.2 Å². The third-order valence-corrected chi connectivity index (χ3v) is 4.34. The van der Waals surface area contributed by atoms with Gasteiger partial charge in [-0.15, -0.1) is 11.3 Å². The molecule has 1 heterocycles. The summed E-state index contributed by atoms with van der Waals surface area (Å²) >= 11 is 3.62. The summed E-state index contributed by atoms with van der Waals surface area (Å²) in [6, 6.07) is 0. The van der Waals surface area contributed by atoms with Gasteiger partial charge in [-0.2, -0.15) is 11.8 Å². The van der Waals surface area contributed by atoms with Gasteiger partial charge in [-0.3, -0.25) is 0 Å². The zero-order chi connectivity index (χ0) is 13.4. The number of ether oxygens (including phenoxy) is 1. The second kappa shape index (κ2) is 8.74. The molecule has 0 amide bonds. The Labute approximate surface area is 118 Å². The van der Waals surface area contributed by atoms with Gasteiger partial charge in [-0.1, -0.05) is 6.92 Å². The van der Waals surface area contributed by atoms with E-state index in [2.05, 4.69) is 35.4 Å². The number of anilines is 1. The van der Waals surface area contributed by atoms with Crippen LogP contribution >= 0.6 is 23.1 Å². The molecule has 0 aliphatic carbocycles. The summed E-state index contributed by atoms with van der Waals surface area (Å²) in [5, 5.41) is 4.44. The average Bonchev–Trinajstić information content (AvgIpc) is 2.77. The lowest BCUT2D eigenvalue weighted by Crippen LogP contribution is -2.19. The maximum absolute atomic E-state index is 5.22. The standard InChI is InChI=1S/C12H23N3OS2/c1-5-13-8-11-10(9-16-3)14-12(18-11)15(2)6-7-17-4/h13H,5-9H2,1-4H3. The fourth-order valence-electron chi connectivity index (χ4n) is 1.48. The first-order valence-electron chi connectivity index (χ1n) is 6.11. The van der Waals surface area contributed by atoms with Crippen molar-refractivity contribution in [2.75, 3.05) is 44.2 Å². The van der Waals surface area contributed by atoms with E-state index in [-0.39, 0.29) is 0 Å². The molecule has 0 aliphatic rings. The molecule has 1 aromatic rings. The van der Waals surface area contributed by atoms with E-state index in [9.17, 15) is 0 Å². The van der Waals surface area contributed by atoms with Gasteiger partial charge in [0.25, 0.3) is 0 Å². The van der Waals surface area contributed by atoms with Crippen molar-refractivity contribution in [3.63, 3.8) is 0 Å². The molecule has 104 valence electrons. The Bertz CT molecular complexity index is 344. The Morgan fingerprint density at radius 1 is 1.50 bits per heavy atom. The van der Waals surface area contributed by atoms with Crippen LogP contribution in [0.25, 0.3) is 0 Å². The van der Waals surface area contributed by atoms with Crippen LogP contribution in [-0.4, -0.2) is 44.2 Å². The quantitative estimate of drug-likeness (QED) is 0.754. The largest absolute Gasteiger partial charge is 0.378 e. The molecule has 0 unspecified atom stereocenters. The number of methoxy groups -OCH3 is 1. The van der Waals surface area contributed by atoms with Crippen LogP contribution < -0.4 is 10.2 Å². The molecule has 6 heteroatoms. The summed E-state index contributed by atoms with van der Waals surface area (Å²) in [5.41, 5.74) is 1.06. The molecule has 0 saturated carbocycles. The van der Waals surface area contributed by atoms with Crippen LogP contribution in [-0.2, 0) is 17.9 Å². The predicted molar refractivity (Wildman–Crippen MR) is 81.9 cm³/mol. The number of nitrogens with one attached hydrogen (secondary N) is 1. The minimum absolute atomic E-state index is 0.591. The third-order valence-electron chi connectivity index (χ3n) is 2.54. The minimum atomic E-state index is 0.591. The van der Waals surface area contributed by atoms with Crippen molar-refractivity contribution in [3.8, 4) is 0 Å². The summed E-state index contributed by atoms with van der Waals surface area (Å²) in [4.78, 5) is 8.18. The van der Waals surface area contributed by atoms with E-state index in [1.807, 2.05) is 11.8 Å². The Morgan fingerprint density at radius 3 is 2.89 bits per heavy atom. The van der Waals surface area contributed by atoms with Crippen molar-refractivity contribution in [3.05, 3.63) is 10.6 Å². The van der Waals surface area contributed by atoms with E-state index in [0.29, 0.717) is 6.61 Å². The molecule has 0 spiro atoms. The van der Waals surface area contributed by atoms with Gasteiger partial charge in [0.15, 0.2) is 5.13 Å². The first kappa shape index (κ1) is 15.8. The first-order valence-corrected chi connectivity index (χ1v) is 8.32. The fourth-order valence-corrected chi connectivity index (χ4v) is 2.96. The lowest BCUT2D eigenvalue weighted by Gasteiger charge is -2.14. The van der Waals surface area contributed by atoms with Gasteiger partial charge in [0.05, 0.1) is 12.3 Å². The topological polar surface area (TPSA) is 37.4 Å². The van der Waals surface area contributed by atoms with Gasteiger partial charge in [0.2, 0.25) is 0 Å². The van der Waals surface area contributed by atoms with Crippen LogP contribution in [0, 0.1) is 0 Å². The lowest BCUT2D eigenvalue weighted by atomic mass is 10.3. The van der Waals surface area contributed by atoms with Gasteiger partial charge in [0, 0.05) is 37.9 Å². The van der Waals surface area contributed by atoms with Crippen molar-refractivity contribution in [1.82, 2.24) is 10.3 Å². The Kier molecular flexibility index (Phi) is 7.65. The summed E-state index contributed by atoms with van der Waals surface area (Å²) in [7, 11) is 3.82. The van der Waals surface area contributed by atoms with Crippen LogP contribution in [0.5, 0.6) is 0 Å². The number of hydrogen-bond donors (Lipinski definition) is 1. The maximum atomic E-state index is 5.22. The Hall–Kier alpha value is -0.300. The molecule has 0 radical (unpaired) electrons. The van der Waals surface area contributed by atoms with Crippen molar-refractivity contribution < 1.29 is 4.74 Å². The molecule has 1 N–H and O–H groups in total. The molecule has 18 heavy (non-hydrogen) atoms. The van der Waals surface area contributed by atoms with E-state index in [1.54, 1.807) is 18.4 Å². The minimum Gasteiger partial charge on any atom is -0.378 e. The highest BCUT2D eigenvalue weighted by molar-refractivity contribution is 7.98. The second-order valence-corrected chi connectivity index (χ2v) is 6.04. The number of thiazole rings is 1. The Morgan fingerprint density at radius 2 is 2.28 bits per heavy atom. The lowest BCUT2D eigenvalue weighted by molar-refractivity contribution is 0.181. The molecule has 1 aromatic heterocycles.